The summed E-state index contributed by atoms with van der Waals surface area (Å²) in [5, 5.41) is 11.6. The molecule has 1 aliphatic heterocycles. The van der Waals surface area contributed by atoms with Crippen LogP contribution in [0.5, 0.6) is 0 Å². The predicted octanol–water partition coefficient (Wildman–Crippen LogP) is 3.97. The zero-order valence-electron chi connectivity index (χ0n) is 14.8. The predicted molar refractivity (Wildman–Crippen MR) is 103 cm³/mol. The zero-order chi connectivity index (χ0) is 18.2. The first-order valence-corrected chi connectivity index (χ1v) is 9.70. The third-order valence-corrected chi connectivity index (χ3v) is 6.17. The van der Waals surface area contributed by atoms with Gasteiger partial charge in [0.15, 0.2) is 0 Å². The molecule has 1 heterocycles. The maximum absolute atomic E-state index is 13.1. The fourth-order valence-corrected chi connectivity index (χ4v) is 4.23. The van der Waals surface area contributed by atoms with Gasteiger partial charge in [0.05, 0.1) is 11.0 Å². The lowest BCUT2D eigenvalue weighted by Gasteiger charge is -2.39. The summed E-state index contributed by atoms with van der Waals surface area (Å²) in [6.07, 6.45) is 3.71. The van der Waals surface area contributed by atoms with Crippen molar-refractivity contribution in [1.82, 2.24) is 4.90 Å². The second-order valence-corrected chi connectivity index (χ2v) is 8.20. The van der Waals surface area contributed by atoms with Crippen LogP contribution in [0, 0.1) is 0 Å². The molecule has 0 aromatic heterocycles. The monoisotopic (exact) mass is 369 g/mol. The van der Waals surface area contributed by atoms with Crippen LogP contribution in [0.15, 0.2) is 54.6 Å². The standard InChI is InChI=1S/C22H24ClNO2/c23-19-8-6-18(7-9-19)22(10-11-22)20(25)24-14-12-21(26,13-15-24)16-17-4-2-1-3-5-17/h1-9,26H,10-16H2. The van der Waals surface area contributed by atoms with Crippen LogP contribution in [-0.4, -0.2) is 34.6 Å². The number of carbonyl (C=O) groups excluding carboxylic acids is 1. The average Bonchev–Trinajstić information content (AvgIpc) is 3.45. The number of hydrogen-bond acceptors (Lipinski definition) is 2. The summed E-state index contributed by atoms with van der Waals surface area (Å²) in [5.41, 5.74) is 1.14. The Hall–Kier alpha value is -1.84. The molecule has 2 aliphatic rings. The number of halogens is 1. The molecule has 0 atom stereocenters. The number of hydrogen-bond donors (Lipinski definition) is 1. The largest absolute Gasteiger partial charge is 0.389 e. The first kappa shape index (κ1) is 17.6. The Labute approximate surface area is 159 Å². The van der Waals surface area contributed by atoms with E-state index in [1.807, 2.05) is 47.4 Å². The lowest BCUT2D eigenvalue weighted by Crippen LogP contribution is -2.50. The fraction of sp³-hybridized carbons (Fsp3) is 0.409. The van der Waals surface area contributed by atoms with Gasteiger partial charge in [-0.15, -0.1) is 0 Å². The topological polar surface area (TPSA) is 40.5 Å². The van der Waals surface area contributed by atoms with Gasteiger partial charge in [0.1, 0.15) is 0 Å². The molecule has 26 heavy (non-hydrogen) atoms. The molecular formula is C22H24ClNO2. The van der Waals surface area contributed by atoms with Crippen LogP contribution >= 0.6 is 11.6 Å². The van der Waals surface area contributed by atoms with Crippen molar-refractivity contribution in [2.75, 3.05) is 13.1 Å². The number of carbonyl (C=O) groups is 1. The van der Waals surface area contributed by atoms with Crippen molar-refractivity contribution in [1.29, 1.82) is 0 Å². The maximum Gasteiger partial charge on any atom is 0.233 e. The molecule has 0 radical (unpaired) electrons. The van der Waals surface area contributed by atoms with E-state index in [1.165, 1.54) is 0 Å². The van der Waals surface area contributed by atoms with Gasteiger partial charge < -0.3 is 10.0 Å². The maximum atomic E-state index is 13.1. The molecule has 1 aliphatic carbocycles. The lowest BCUT2D eigenvalue weighted by molar-refractivity contribution is -0.138. The summed E-state index contributed by atoms with van der Waals surface area (Å²) >= 11 is 5.99. The molecule has 2 aromatic carbocycles. The van der Waals surface area contributed by atoms with E-state index in [1.54, 1.807) is 0 Å². The van der Waals surface area contributed by atoms with Crippen LogP contribution < -0.4 is 0 Å². The minimum absolute atomic E-state index is 0.210. The first-order chi connectivity index (χ1) is 12.5. The van der Waals surface area contributed by atoms with E-state index in [9.17, 15) is 9.90 Å². The van der Waals surface area contributed by atoms with Gasteiger partial charge in [-0.3, -0.25) is 4.79 Å². The summed E-state index contributed by atoms with van der Waals surface area (Å²) in [6, 6.07) is 17.8. The molecule has 1 N–H and O–H groups in total. The number of piperidine rings is 1. The molecule has 0 spiro atoms. The highest BCUT2D eigenvalue weighted by Crippen LogP contribution is 2.50. The van der Waals surface area contributed by atoms with Crippen molar-refractivity contribution >= 4 is 17.5 Å². The Morgan fingerprint density at radius 1 is 0.962 bits per heavy atom. The van der Waals surface area contributed by atoms with Crippen molar-refractivity contribution in [2.45, 2.75) is 43.1 Å². The van der Waals surface area contributed by atoms with Crippen molar-refractivity contribution in [2.24, 2.45) is 0 Å². The second-order valence-electron chi connectivity index (χ2n) is 7.77. The molecule has 1 amide bonds. The Kier molecular flexibility index (Phi) is 4.54. The Morgan fingerprint density at radius 3 is 2.15 bits per heavy atom. The van der Waals surface area contributed by atoms with Gasteiger partial charge in [-0.2, -0.15) is 0 Å². The van der Waals surface area contributed by atoms with E-state index in [0.717, 1.165) is 24.0 Å². The van der Waals surface area contributed by atoms with Gasteiger partial charge in [-0.25, -0.2) is 0 Å². The summed E-state index contributed by atoms with van der Waals surface area (Å²) < 4.78 is 0. The molecule has 0 unspecified atom stereocenters. The molecule has 4 heteroatoms. The van der Waals surface area contributed by atoms with Crippen molar-refractivity contribution < 1.29 is 9.90 Å². The zero-order valence-corrected chi connectivity index (χ0v) is 15.6. The number of amides is 1. The Balaban J connectivity index is 1.41. The molecule has 1 saturated heterocycles. The molecule has 3 nitrogen and oxygen atoms in total. The van der Waals surface area contributed by atoms with Gasteiger partial charge >= 0.3 is 0 Å². The van der Waals surface area contributed by atoms with E-state index < -0.39 is 5.60 Å². The Bertz CT molecular complexity index is 776. The van der Waals surface area contributed by atoms with E-state index in [0.29, 0.717) is 37.4 Å². The Morgan fingerprint density at radius 2 is 1.58 bits per heavy atom. The smallest absolute Gasteiger partial charge is 0.233 e. The van der Waals surface area contributed by atoms with Gasteiger partial charge in [0.25, 0.3) is 0 Å². The summed E-state index contributed by atoms with van der Waals surface area (Å²) in [7, 11) is 0. The molecule has 2 fully saturated rings. The molecule has 136 valence electrons. The normalized spacial score (nSPS) is 20.6. The van der Waals surface area contributed by atoms with E-state index in [4.69, 9.17) is 11.6 Å². The van der Waals surface area contributed by atoms with Gasteiger partial charge in [0.2, 0.25) is 5.91 Å². The third-order valence-electron chi connectivity index (χ3n) is 5.91. The number of aliphatic hydroxyl groups is 1. The molecular weight excluding hydrogens is 346 g/mol. The van der Waals surface area contributed by atoms with Gasteiger partial charge in [0, 0.05) is 24.5 Å². The van der Waals surface area contributed by atoms with Crippen LogP contribution in [0.25, 0.3) is 0 Å². The lowest BCUT2D eigenvalue weighted by atomic mass is 9.84. The summed E-state index contributed by atoms with van der Waals surface area (Å²) in [5.74, 6) is 0.210. The number of likely N-dealkylation sites (tertiary alicyclic amines) is 1. The minimum atomic E-state index is -0.713. The summed E-state index contributed by atoms with van der Waals surface area (Å²) in [4.78, 5) is 15.1. The highest BCUT2D eigenvalue weighted by Gasteiger charge is 2.53. The van der Waals surface area contributed by atoms with Crippen molar-refractivity contribution in [3.8, 4) is 0 Å². The van der Waals surface area contributed by atoms with Crippen molar-refractivity contribution in [3.63, 3.8) is 0 Å². The number of benzene rings is 2. The van der Waals surface area contributed by atoms with E-state index >= 15 is 0 Å². The highest BCUT2D eigenvalue weighted by atomic mass is 35.5. The first-order valence-electron chi connectivity index (χ1n) is 9.33. The quantitative estimate of drug-likeness (QED) is 0.885. The molecule has 1 saturated carbocycles. The van der Waals surface area contributed by atoms with Crippen LogP contribution in [0.4, 0.5) is 0 Å². The summed E-state index contributed by atoms with van der Waals surface area (Å²) in [6.45, 7) is 1.25. The average molecular weight is 370 g/mol. The highest BCUT2D eigenvalue weighted by molar-refractivity contribution is 6.30. The fourth-order valence-electron chi connectivity index (χ4n) is 4.10. The SMILES string of the molecule is O=C(N1CCC(O)(Cc2ccccc2)CC1)C1(c2ccc(Cl)cc2)CC1. The van der Waals surface area contributed by atoms with Crippen LogP contribution in [0.1, 0.15) is 36.8 Å². The second kappa shape index (κ2) is 6.71. The van der Waals surface area contributed by atoms with E-state index in [2.05, 4.69) is 12.1 Å². The van der Waals surface area contributed by atoms with Crippen molar-refractivity contribution in [3.05, 3.63) is 70.7 Å². The van der Waals surface area contributed by atoms with Gasteiger partial charge in [-0.05, 0) is 48.9 Å². The van der Waals surface area contributed by atoms with Gasteiger partial charge in [-0.1, -0.05) is 54.1 Å². The molecule has 4 rings (SSSR count). The molecule has 2 aromatic rings. The van der Waals surface area contributed by atoms with Crippen LogP contribution in [0.3, 0.4) is 0 Å². The molecule has 0 bridgehead atoms. The van der Waals surface area contributed by atoms with Crippen LogP contribution in [-0.2, 0) is 16.6 Å². The third kappa shape index (κ3) is 3.38. The van der Waals surface area contributed by atoms with E-state index in [-0.39, 0.29) is 11.3 Å². The number of rotatable bonds is 4. The van der Waals surface area contributed by atoms with Crippen LogP contribution in [0.2, 0.25) is 5.02 Å². The minimum Gasteiger partial charge on any atom is -0.389 e. The number of nitrogens with zero attached hydrogens (tertiary/aromatic N) is 1.